The van der Waals surface area contributed by atoms with Crippen molar-refractivity contribution in [3.63, 3.8) is 0 Å². The predicted octanol–water partition coefficient (Wildman–Crippen LogP) is 2.57. The van der Waals surface area contributed by atoms with Gasteiger partial charge in [0.15, 0.2) is 0 Å². The molecule has 5 N–H and O–H groups in total. The molecule has 0 saturated heterocycles. The number of nitrogens with zero attached hydrogens (tertiary/aromatic N) is 2. The normalized spacial score (nSPS) is 16.5. The quantitative estimate of drug-likeness (QED) is 0.793. The van der Waals surface area contributed by atoms with Crippen molar-refractivity contribution >= 4 is 29.9 Å². The molecule has 0 bridgehead atoms. The van der Waals surface area contributed by atoms with E-state index in [9.17, 15) is 0 Å². The molecule has 0 saturated carbocycles. The van der Waals surface area contributed by atoms with Crippen LogP contribution >= 0.6 is 12.4 Å². The van der Waals surface area contributed by atoms with Crippen LogP contribution in [-0.2, 0) is 6.42 Å². The monoisotopic (exact) mass is 305 g/mol. The van der Waals surface area contributed by atoms with Gasteiger partial charge in [0, 0.05) is 30.4 Å². The topological polar surface area (TPSA) is 89.8 Å². The highest BCUT2D eigenvalue weighted by Gasteiger charge is 2.16. The number of rotatable bonds is 2. The number of nitrogens with two attached hydrogens (primary N) is 2. The average Bonchev–Trinajstić information content (AvgIpc) is 2.43. The molecule has 5 nitrogen and oxygen atoms in total. The third-order valence-electron chi connectivity index (χ3n) is 3.85. The number of hydrogen-bond donors (Lipinski definition) is 3. The van der Waals surface area contributed by atoms with E-state index in [0.717, 1.165) is 18.5 Å². The molecule has 0 spiro atoms. The van der Waals surface area contributed by atoms with E-state index in [1.807, 2.05) is 0 Å². The first-order valence-electron chi connectivity index (χ1n) is 6.87. The molecule has 1 unspecified atom stereocenters. The second kappa shape index (κ2) is 6.18. The van der Waals surface area contributed by atoms with Gasteiger partial charge in [-0.2, -0.15) is 4.98 Å². The number of nitrogens with one attached hydrogen (secondary N) is 1. The molecule has 1 aromatic carbocycles. The highest BCUT2D eigenvalue weighted by Crippen LogP contribution is 2.32. The molecule has 1 aromatic heterocycles. The van der Waals surface area contributed by atoms with Gasteiger partial charge in [0.05, 0.1) is 0 Å². The number of halogens is 1. The Morgan fingerprint density at radius 2 is 2.14 bits per heavy atom. The number of nitrogen functional groups attached to an aromatic ring is 2. The van der Waals surface area contributed by atoms with Crippen molar-refractivity contribution in [2.24, 2.45) is 0 Å². The molecule has 21 heavy (non-hydrogen) atoms. The molecule has 0 amide bonds. The number of fused-ring (bicyclic) bond motifs is 1. The lowest BCUT2D eigenvalue weighted by Crippen LogP contribution is -2.15. The van der Waals surface area contributed by atoms with Gasteiger partial charge in [0.1, 0.15) is 5.82 Å². The van der Waals surface area contributed by atoms with Gasteiger partial charge in [-0.05, 0) is 29.5 Å². The van der Waals surface area contributed by atoms with E-state index in [-0.39, 0.29) is 18.4 Å². The van der Waals surface area contributed by atoms with Gasteiger partial charge >= 0.3 is 0 Å². The minimum Gasteiger partial charge on any atom is -0.385 e. The first kappa shape index (κ1) is 15.4. The van der Waals surface area contributed by atoms with Crippen LogP contribution in [0, 0.1) is 0 Å². The number of benzene rings is 1. The average molecular weight is 306 g/mol. The Morgan fingerprint density at radius 3 is 2.90 bits per heavy atom. The molecule has 0 fully saturated rings. The highest BCUT2D eigenvalue weighted by atomic mass is 35.5. The van der Waals surface area contributed by atoms with Crippen LogP contribution in [0.2, 0.25) is 0 Å². The number of aromatic nitrogens is 2. The van der Waals surface area contributed by atoms with Crippen LogP contribution in [0.1, 0.15) is 36.0 Å². The Balaban J connectivity index is 0.00000161. The highest BCUT2D eigenvalue weighted by molar-refractivity contribution is 5.85. The second-order valence-electron chi connectivity index (χ2n) is 5.35. The van der Waals surface area contributed by atoms with Crippen molar-refractivity contribution in [3.05, 3.63) is 41.1 Å². The first-order chi connectivity index (χ1) is 9.63. The Kier molecular flexibility index (Phi) is 4.53. The van der Waals surface area contributed by atoms with E-state index in [1.165, 1.54) is 23.2 Å². The summed E-state index contributed by atoms with van der Waals surface area (Å²) < 4.78 is 0. The van der Waals surface area contributed by atoms with Crippen LogP contribution in [0.5, 0.6) is 0 Å². The third-order valence-corrected chi connectivity index (χ3v) is 3.85. The molecule has 1 atom stereocenters. The van der Waals surface area contributed by atoms with Crippen LogP contribution in [-0.4, -0.2) is 16.5 Å². The molecule has 1 aliphatic rings. The summed E-state index contributed by atoms with van der Waals surface area (Å²) in [6.45, 7) is 3.32. The summed E-state index contributed by atoms with van der Waals surface area (Å²) in [6, 6.07) is 6.52. The molecule has 3 rings (SSSR count). The van der Waals surface area contributed by atoms with Gasteiger partial charge in [-0.25, -0.2) is 4.98 Å². The summed E-state index contributed by atoms with van der Waals surface area (Å²) in [5, 5.41) is 3.44. The summed E-state index contributed by atoms with van der Waals surface area (Å²) in [5.74, 6) is 1.27. The van der Waals surface area contributed by atoms with Crippen LogP contribution in [0.4, 0.5) is 17.5 Å². The van der Waals surface area contributed by atoms with Gasteiger partial charge in [-0.15, -0.1) is 12.4 Å². The van der Waals surface area contributed by atoms with Crippen molar-refractivity contribution in [3.8, 4) is 0 Å². The maximum atomic E-state index is 5.89. The minimum absolute atomic E-state index is 0. The van der Waals surface area contributed by atoms with Gasteiger partial charge in [-0.1, -0.05) is 19.1 Å². The van der Waals surface area contributed by atoms with E-state index in [4.69, 9.17) is 11.5 Å². The molecular weight excluding hydrogens is 286 g/mol. The van der Waals surface area contributed by atoms with Gasteiger partial charge in [0.2, 0.25) is 5.95 Å². The van der Waals surface area contributed by atoms with Crippen LogP contribution in [0.25, 0.3) is 0 Å². The Hall–Kier alpha value is -2.01. The summed E-state index contributed by atoms with van der Waals surface area (Å²) in [4.78, 5) is 8.02. The van der Waals surface area contributed by atoms with Gasteiger partial charge in [0.25, 0.3) is 0 Å². The largest absolute Gasteiger partial charge is 0.385 e. The number of anilines is 3. The number of hydrogen-bond acceptors (Lipinski definition) is 5. The summed E-state index contributed by atoms with van der Waals surface area (Å²) in [7, 11) is 0. The minimum atomic E-state index is 0. The van der Waals surface area contributed by atoms with Crippen LogP contribution in [0.3, 0.4) is 0 Å². The molecule has 2 heterocycles. The van der Waals surface area contributed by atoms with E-state index >= 15 is 0 Å². The van der Waals surface area contributed by atoms with Crippen LogP contribution in [0.15, 0.2) is 24.4 Å². The van der Waals surface area contributed by atoms with E-state index in [1.54, 1.807) is 6.20 Å². The summed E-state index contributed by atoms with van der Waals surface area (Å²) in [5.41, 5.74) is 16.2. The maximum Gasteiger partial charge on any atom is 0.221 e. The molecule has 2 aromatic rings. The summed E-state index contributed by atoms with van der Waals surface area (Å²) in [6.07, 6.45) is 3.61. The lowest BCUT2D eigenvalue weighted by Gasteiger charge is -2.24. The fraction of sp³-hybridized carbons (Fsp3) is 0.333. The zero-order valence-corrected chi connectivity index (χ0v) is 12.8. The third kappa shape index (κ3) is 3.19. The molecule has 0 aliphatic carbocycles. The van der Waals surface area contributed by atoms with Crippen molar-refractivity contribution in [1.29, 1.82) is 0 Å². The summed E-state index contributed by atoms with van der Waals surface area (Å²) >= 11 is 0. The second-order valence-corrected chi connectivity index (χ2v) is 5.35. The Labute approximate surface area is 130 Å². The van der Waals surface area contributed by atoms with Crippen molar-refractivity contribution < 1.29 is 0 Å². The zero-order chi connectivity index (χ0) is 14.1. The smallest absolute Gasteiger partial charge is 0.221 e. The fourth-order valence-electron chi connectivity index (χ4n) is 2.66. The Morgan fingerprint density at radius 1 is 1.33 bits per heavy atom. The molecule has 6 heteroatoms. The first-order valence-corrected chi connectivity index (χ1v) is 6.87. The molecule has 112 valence electrons. The van der Waals surface area contributed by atoms with Crippen molar-refractivity contribution in [1.82, 2.24) is 9.97 Å². The zero-order valence-electron chi connectivity index (χ0n) is 12.0. The van der Waals surface area contributed by atoms with Gasteiger partial charge in [-0.3, -0.25) is 0 Å². The van der Waals surface area contributed by atoms with Gasteiger partial charge < -0.3 is 16.8 Å². The fourth-order valence-corrected chi connectivity index (χ4v) is 2.66. The van der Waals surface area contributed by atoms with E-state index in [2.05, 4.69) is 40.4 Å². The maximum absolute atomic E-state index is 5.89. The lowest BCUT2D eigenvalue weighted by atomic mass is 9.90. The predicted molar refractivity (Wildman–Crippen MR) is 88.9 cm³/mol. The molecular formula is C15H20ClN5. The molecule has 1 aliphatic heterocycles. The lowest BCUT2D eigenvalue weighted by molar-refractivity contribution is 0.682. The van der Waals surface area contributed by atoms with Crippen molar-refractivity contribution in [2.75, 3.05) is 23.3 Å². The standard InChI is InChI=1S/C15H19N5.ClH/c1-9-4-5-18-13-3-2-10(7-12(9)13)6-11-8-19-15(17)20-14(11)16;/h2-3,7-9,18H,4-6H2,1H3,(H4,16,17,19,20);1H. The Bertz CT molecular complexity index is 644. The molecule has 0 radical (unpaired) electrons. The van der Waals surface area contributed by atoms with Crippen LogP contribution < -0.4 is 16.8 Å². The van der Waals surface area contributed by atoms with E-state index in [0.29, 0.717) is 11.7 Å². The van der Waals surface area contributed by atoms with E-state index < -0.39 is 0 Å². The van der Waals surface area contributed by atoms with Crippen molar-refractivity contribution in [2.45, 2.75) is 25.7 Å². The SMILES string of the molecule is CC1CCNc2ccc(Cc3cnc(N)nc3N)cc21.Cl.